The van der Waals surface area contributed by atoms with E-state index in [1.165, 1.54) is 29.7 Å². The molecule has 9 heteroatoms. The topological polar surface area (TPSA) is 107 Å². The predicted molar refractivity (Wildman–Crippen MR) is 77.7 cm³/mol. The van der Waals surface area contributed by atoms with Crippen LogP contribution < -0.4 is 5.48 Å². The number of thioether (sulfide) groups is 1. The van der Waals surface area contributed by atoms with E-state index >= 15 is 0 Å². The lowest BCUT2D eigenvalue weighted by atomic mass is 10.2. The highest BCUT2D eigenvalue weighted by Gasteiger charge is 2.36. The lowest BCUT2D eigenvalue weighted by molar-refractivity contribution is -0.133. The molecule has 1 heterocycles. The molecule has 0 unspecified atom stereocenters. The first kappa shape index (κ1) is 16.1. The second-order valence-corrected chi connectivity index (χ2v) is 7.62. The summed E-state index contributed by atoms with van der Waals surface area (Å²) in [5.41, 5.74) is 1.53. The van der Waals surface area contributed by atoms with Gasteiger partial charge < -0.3 is 5.11 Å². The van der Waals surface area contributed by atoms with Crippen LogP contribution in [0.2, 0.25) is 0 Å². The number of nitrogens with one attached hydrogen (secondary N) is 1. The number of aromatic hydroxyl groups is 1. The number of amides is 1. The molecule has 0 saturated carbocycles. The molecule has 0 bridgehead atoms. The van der Waals surface area contributed by atoms with Gasteiger partial charge in [0.05, 0.1) is 4.90 Å². The van der Waals surface area contributed by atoms with E-state index in [9.17, 15) is 18.3 Å². The van der Waals surface area contributed by atoms with Crippen molar-refractivity contribution in [1.29, 1.82) is 0 Å². The predicted octanol–water partition coefficient (Wildman–Crippen LogP) is 0.394. The number of nitrogens with zero attached hydrogens (tertiary/aromatic N) is 1. The quantitative estimate of drug-likeness (QED) is 0.546. The fraction of sp³-hybridized carbons (Fsp3) is 0.417. The summed E-state index contributed by atoms with van der Waals surface area (Å²) in [7, 11) is -3.87. The molecule has 3 N–H and O–H groups in total. The Bertz CT molecular complexity index is 603. The normalized spacial score (nSPS) is 20.7. The van der Waals surface area contributed by atoms with Gasteiger partial charge in [0.15, 0.2) is 0 Å². The largest absolute Gasteiger partial charge is 0.508 e. The number of hydrogen-bond donors (Lipinski definition) is 3. The maximum Gasteiger partial charge on any atom is 0.261 e. The third kappa shape index (κ3) is 3.49. The molecule has 7 nitrogen and oxygen atoms in total. The van der Waals surface area contributed by atoms with Crippen LogP contribution in [0.3, 0.4) is 0 Å². The van der Waals surface area contributed by atoms with Crippen molar-refractivity contribution in [3.8, 4) is 5.75 Å². The van der Waals surface area contributed by atoms with E-state index in [0.29, 0.717) is 17.9 Å². The number of phenolic OH excluding ortho intramolecular Hbond substituents is 1. The third-order valence-electron chi connectivity index (χ3n) is 3.20. The standard InChI is InChI=1S/C12H16N2O5S2/c15-9-1-3-10(4-2-9)21(18,19)14-6-8-20-7-5-11(14)12(16)13-17/h1-4,11,15,17H,5-8H2,(H,13,16)/t11-/m1/s1. The summed E-state index contributed by atoms with van der Waals surface area (Å²) in [5.74, 6) is 0.441. The fourth-order valence-corrected chi connectivity index (χ4v) is 4.78. The zero-order chi connectivity index (χ0) is 15.5. The minimum absolute atomic E-state index is 0.00272. The van der Waals surface area contributed by atoms with Gasteiger partial charge in [-0.15, -0.1) is 0 Å². The molecular weight excluding hydrogens is 316 g/mol. The van der Waals surface area contributed by atoms with Crippen molar-refractivity contribution < 1.29 is 23.5 Å². The Balaban J connectivity index is 2.38. The van der Waals surface area contributed by atoms with Gasteiger partial charge in [0.25, 0.3) is 5.91 Å². The zero-order valence-corrected chi connectivity index (χ0v) is 12.7. The SMILES string of the molecule is O=C(NO)[C@H]1CCSCCN1S(=O)(=O)c1ccc(O)cc1. The summed E-state index contributed by atoms with van der Waals surface area (Å²) in [6, 6.07) is 4.19. The van der Waals surface area contributed by atoms with Crippen molar-refractivity contribution in [1.82, 2.24) is 9.79 Å². The van der Waals surface area contributed by atoms with E-state index in [-0.39, 0.29) is 17.2 Å². The van der Waals surface area contributed by atoms with Gasteiger partial charge in [0.1, 0.15) is 11.8 Å². The highest BCUT2D eigenvalue weighted by Crippen LogP contribution is 2.25. The van der Waals surface area contributed by atoms with E-state index in [1.807, 2.05) is 0 Å². The highest BCUT2D eigenvalue weighted by molar-refractivity contribution is 7.99. The van der Waals surface area contributed by atoms with Crippen LogP contribution in [0.15, 0.2) is 29.2 Å². The lowest BCUT2D eigenvalue weighted by Gasteiger charge is -2.27. The summed E-state index contributed by atoms with van der Waals surface area (Å²) in [6.07, 6.45) is 0.328. The Hall–Kier alpha value is -1.29. The smallest absolute Gasteiger partial charge is 0.261 e. The van der Waals surface area contributed by atoms with Crippen LogP contribution in [0.4, 0.5) is 0 Å². The van der Waals surface area contributed by atoms with Crippen molar-refractivity contribution in [2.24, 2.45) is 0 Å². The second-order valence-electron chi connectivity index (χ2n) is 4.50. The number of hydroxylamine groups is 1. The number of hydrogen-bond acceptors (Lipinski definition) is 6. The molecular formula is C12H16N2O5S2. The van der Waals surface area contributed by atoms with Gasteiger partial charge in [-0.2, -0.15) is 16.1 Å². The van der Waals surface area contributed by atoms with E-state index in [0.717, 1.165) is 4.31 Å². The van der Waals surface area contributed by atoms with E-state index in [1.54, 1.807) is 11.8 Å². The number of rotatable bonds is 3. The Kier molecular flexibility index (Phi) is 5.09. The second kappa shape index (κ2) is 6.65. The van der Waals surface area contributed by atoms with Crippen LogP contribution in [0, 0.1) is 0 Å². The fourth-order valence-electron chi connectivity index (χ4n) is 2.13. The molecule has 116 valence electrons. The van der Waals surface area contributed by atoms with Crippen LogP contribution >= 0.6 is 11.8 Å². The minimum atomic E-state index is -3.87. The number of phenols is 1. The molecule has 0 aliphatic carbocycles. The minimum Gasteiger partial charge on any atom is -0.508 e. The van der Waals surface area contributed by atoms with Crippen molar-refractivity contribution in [3.63, 3.8) is 0 Å². The molecule has 2 rings (SSSR count). The number of benzene rings is 1. The molecule has 0 spiro atoms. The van der Waals surface area contributed by atoms with Crippen LogP contribution in [0.25, 0.3) is 0 Å². The molecule has 1 atom stereocenters. The Morgan fingerprint density at radius 3 is 2.57 bits per heavy atom. The molecule has 1 aromatic carbocycles. The molecule has 1 fully saturated rings. The lowest BCUT2D eigenvalue weighted by Crippen LogP contribution is -2.49. The van der Waals surface area contributed by atoms with Crippen molar-refractivity contribution in [2.75, 3.05) is 18.1 Å². The Labute approximate surface area is 127 Å². The van der Waals surface area contributed by atoms with Gasteiger partial charge in [-0.05, 0) is 36.4 Å². The first-order valence-corrected chi connectivity index (χ1v) is 8.89. The zero-order valence-electron chi connectivity index (χ0n) is 11.1. The Morgan fingerprint density at radius 2 is 1.95 bits per heavy atom. The number of sulfonamides is 1. The number of carbonyl (C=O) groups is 1. The van der Waals surface area contributed by atoms with Crippen molar-refractivity contribution in [2.45, 2.75) is 17.4 Å². The molecule has 0 radical (unpaired) electrons. The molecule has 1 saturated heterocycles. The molecule has 0 aromatic heterocycles. The Morgan fingerprint density at radius 1 is 1.29 bits per heavy atom. The number of carbonyl (C=O) groups excluding carboxylic acids is 1. The molecule has 1 aliphatic rings. The van der Waals surface area contributed by atoms with Gasteiger partial charge >= 0.3 is 0 Å². The molecule has 1 amide bonds. The molecule has 1 aliphatic heterocycles. The van der Waals surface area contributed by atoms with Gasteiger partial charge in [0.2, 0.25) is 10.0 Å². The summed E-state index contributed by atoms with van der Waals surface area (Å²) in [5, 5.41) is 18.1. The summed E-state index contributed by atoms with van der Waals surface area (Å²) >= 11 is 1.56. The monoisotopic (exact) mass is 332 g/mol. The maximum atomic E-state index is 12.7. The molecule has 1 aromatic rings. The van der Waals surface area contributed by atoms with Crippen LogP contribution in [0.5, 0.6) is 5.75 Å². The maximum absolute atomic E-state index is 12.7. The van der Waals surface area contributed by atoms with Crippen LogP contribution in [0.1, 0.15) is 6.42 Å². The summed E-state index contributed by atoms with van der Waals surface area (Å²) in [4.78, 5) is 11.7. The van der Waals surface area contributed by atoms with Gasteiger partial charge in [-0.25, -0.2) is 13.9 Å². The van der Waals surface area contributed by atoms with Crippen LogP contribution in [-0.4, -0.2) is 53.0 Å². The van der Waals surface area contributed by atoms with E-state index < -0.39 is 22.0 Å². The average molecular weight is 332 g/mol. The van der Waals surface area contributed by atoms with Gasteiger partial charge in [0, 0.05) is 12.3 Å². The summed E-state index contributed by atoms with van der Waals surface area (Å²) in [6.45, 7) is 0.186. The summed E-state index contributed by atoms with van der Waals surface area (Å²) < 4.78 is 26.4. The van der Waals surface area contributed by atoms with Crippen LogP contribution in [-0.2, 0) is 14.8 Å². The average Bonchev–Trinajstić information content (AvgIpc) is 2.73. The first-order chi connectivity index (χ1) is 9.96. The van der Waals surface area contributed by atoms with Crippen molar-refractivity contribution in [3.05, 3.63) is 24.3 Å². The van der Waals surface area contributed by atoms with Gasteiger partial charge in [-0.1, -0.05) is 0 Å². The first-order valence-electron chi connectivity index (χ1n) is 6.29. The third-order valence-corrected chi connectivity index (χ3v) is 6.11. The molecule has 21 heavy (non-hydrogen) atoms. The highest BCUT2D eigenvalue weighted by atomic mass is 32.2. The van der Waals surface area contributed by atoms with E-state index in [4.69, 9.17) is 5.21 Å². The van der Waals surface area contributed by atoms with Gasteiger partial charge in [-0.3, -0.25) is 10.0 Å². The van der Waals surface area contributed by atoms with Crippen molar-refractivity contribution >= 4 is 27.7 Å². The van der Waals surface area contributed by atoms with E-state index in [2.05, 4.69) is 0 Å².